The maximum atomic E-state index is 14.0. The molecular formula is C34H39N3O5. The molecule has 0 spiro atoms. The van der Waals surface area contributed by atoms with Gasteiger partial charge in [0.2, 0.25) is 5.91 Å². The zero-order chi connectivity index (χ0) is 29.9. The number of rotatable bonds is 9. The highest BCUT2D eigenvalue weighted by molar-refractivity contribution is 6.02. The minimum Gasteiger partial charge on any atom is -0.497 e. The van der Waals surface area contributed by atoms with Crippen LogP contribution in [0.2, 0.25) is 0 Å². The second-order valence-corrected chi connectivity index (χ2v) is 11.5. The number of para-hydroxylation sites is 3. The van der Waals surface area contributed by atoms with Crippen LogP contribution in [0.15, 0.2) is 78.0 Å². The summed E-state index contributed by atoms with van der Waals surface area (Å²) >= 11 is 0. The molecule has 1 aliphatic heterocycles. The zero-order valence-electron chi connectivity index (χ0n) is 25.0. The molecule has 8 heteroatoms. The lowest BCUT2D eigenvalue weighted by Gasteiger charge is -2.38. The number of amides is 1. The number of Topliss-reactive ketones (excluding diaryl/α,β-unsaturated/α-hetero) is 1. The summed E-state index contributed by atoms with van der Waals surface area (Å²) in [5.74, 6) is 1.82. The van der Waals surface area contributed by atoms with Crippen LogP contribution in [0.3, 0.4) is 0 Å². The largest absolute Gasteiger partial charge is 0.497 e. The number of fused-ring (bicyclic) bond motifs is 1. The molecule has 2 aliphatic rings. The number of carbonyl (C=O) groups excluding carboxylic acids is 2. The van der Waals surface area contributed by atoms with Gasteiger partial charge in [0.05, 0.1) is 45.3 Å². The van der Waals surface area contributed by atoms with Gasteiger partial charge in [-0.25, -0.2) is 0 Å². The molecule has 8 nitrogen and oxygen atoms in total. The standard InChI is InChI=1S/C34H39N3O5/c1-34(2)19-26-31(28(38)20-34)32(24-9-8-12-29(41-4)33(24)42-5)37(27-11-7-6-10-25(27)36-26)21-30(39)35-18-17-22-13-15-23(40-3)16-14-22/h6-16,32,36H,17-21H2,1-5H3,(H,35,39). The molecule has 1 unspecified atom stereocenters. The van der Waals surface area contributed by atoms with E-state index in [4.69, 9.17) is 14.2 Å². The van der Waals surface area contributed by atoms with Crippen molar-refractivity contribution in [2.24, 2.45) is 5.41 Å². The van der Waals surface area contributed by atoms with Gasteiger partial charge in [0.1, 0.15) is 5.75 Å². The van der Waals surface area contributed by atoms with E-state index in [0.717, 1.165) is 33.9 Å². The molecule has 5 rings (SSSR count). The fraction of sp³-hybridized carbons (Fsp3) is 0.353. The summed E-state index contributed by atoms with van der Waals surface area (Å²) in [7, 11) is 4.83. The highest BCUT2D eigenvalue weighted by atomic mass is 16.5. The quantitative estimate of drug-likeness (QED) is 0.342. The van der Waals surface area contributed by atoms with E-state index >= 15 is 0 Å². The van der Waals surface area contributed by atoms with E-state index in [1.165, 1.54) is 0 Å². The molecule has 1 atom stereocenters. The van der Waals surface area contributed by atoms with Gasteiger partial charge in [0.15, 0.2) is 17.3 Å². The number of ketones is 1. The van der Waals surface area contributed by atoms with Gasteiger partial charge in [-0.1, -0.05) is 50.2 Å². The van der Waals surface area contributed by atoms with Gasteiger partial charge >= 0.3 is 0 Å². The summed E-state index contributed by atoms with van der Waals surface area (Å²) in [5.41, 5.74) is 4.88. The Balaban J connectivity index is 1.54. The van der Waals surface area contributed by atoms with Crippen molar-refractivity contribution < 1.29 is 23.8 Å². The van der Waals surface area contributed by atoms with Crippen LogP contribution in [-0.4, -0.2) is 46.1 Å². The maximum absolute atomic E-state index is 14.0. The van der Waals surface area contributed by atoms with Crippen LogP contribution in [-0.2, 0) is 16.0 Å². The molecule has 0 aromatic heterocycles. The Morgan fingerprint density at radius 3 is 2.43 bits per heavy atom. The first-order valence-electron chi connectivity index (χ1n) is 14.2. The number of benzene rings is 3. The Morgan fingerprint density at radius 1 is 0.952 bits per heavy atom. The molecule has 3 aromatic rings. The number of nitrogens with zero attached hydrogens (tertiary/aromatic N) is 1. The Hall–Kier alpha value is -4.46. The van der Waals surface area contributed by atoms with Crippen LogP contribution >= 0.6 is 0 Å². The summed E-state index contributed by atoms with van der Waals surface area (Å²) in [5, 5.41) is 6.68. The molecule has 1 aliphatic carbocycles. The average molecular weight is 570 g/mol. The van der Waals surface area contributed by atoms with Crippen molar-refractivity contribution in [3.8, 4) is 17.2 Å². The molecule has 1 heterocycles. The topological polar surface area (TPSA) is 89.1 Å². The molecule has 42 heavy (non-hydrogen) atoms. The SMILES string of the molecule is COc1ccc(CCNC(=O)CN2c3ccccc3NC3=C(C(=O)CC(C)(C)C3)C2c2cccc(OC)c2OC)cc1. The molecule has 0 fully saturated rings. The number of nitrogens with one attached hydrogen (secondary N) is 2. The first-order valence-corrected chi connectivity index (χ1v) is 14.2. The van der Waals surface area contributed by atoms with Crippen molar-refractivity contribution in [1.29, 1.82) is 0 Å². The van der Waals surface area contributed by atoms with Gasteiger partial charge in [0.25, 0.3) is 0 Å². The van der Waals surface area contributed by atoms with Crippen LogP contribution in [0, 0.1) is 5.41 Å². The summed E-state index contributed by atoms with van der Waals surface area (Å²) in [6.45, 7) is 4.75. The lowest BCUT2D eigenvalue weighted by atomic mass is 9.73. The first kappa shape index (κ1) is 29.0. The minimum absolute atomic E-state index is 0.0415. The van der Waals surface area contributed by atoms with Gasteiger partial charge in [-0.05, 0) is 54.2 Å². The summed E-state index contributed by atoms with van der Waals surface area (Å²) in [6.07, 6.45) is 1.80. The van der Waals surface area contributed by atoms with Crippen LogP contribution in [0.4, 0.5) is 11.4 Å². The molecule has 0 bridgehead atoms. The molecule has 0 saturated carbocycles. The molecule has 2 N–H and O–H groups in total. The smallest absolute Gasteiger partial charge is 0.239 e. The van der Waals surface area contributed by atoms with Gasteiger partial charge in [-0.15, -0.1) is 0 Å². The van der Waals surface area contributed by atoms with E-state index in [9.17, 15) is 9.59 Å². The first-order chi connectivity index (χ1) is 20.2. The van der Waals surface area contributed by atoms with Gasteiger partial charge in [-0.3, -0.25) is 9.59 Å². The van der Waals surface area contributed by atoms with Crippen molar-refractivity contribution in [1.82, 2.24) is 5.32 Å². The number of hydrogen-bond donors (Lipinski definition) is 2. The molecule has 3 aromatic carbocycles. The van der Waals surface area contributed by atoms with E-state index in [-0.39, 0.29) is 23.7 Å². The number of anilines is 2. The highest BCUT2D eigenvalue weighted by Crippen LogP contribution is 2.50. The second kappa shape index (κ2) is 12.2. The lowest BCUT2D eigenvalue weighted by Crippen LogP contribution is -2.42. The average Bonchev–Trinajstić information content (AvgIpc) is 3.10. The van der Waals surface area contributed by atoms with E-state index < -0.39 is 6.04 Å². The van der Waals surface area contributed by atoms with Gasteiger partial charge in [-0.2, -0.15) is 0 Å². The lowest BCUT2D eigenvalue weighted by molar-refractivity contribution is -0.120. The summed E-state index contributed by atoms with van der Waals surface area (Å²) in [6, 6.07) is 20.8. The fourth-order valence-corrected chi connectivity index (χ4v) is 6.03. The van der Waals surface area contributed by atoms with Crippen LogP contribution in [0.5, 0.6) is 17.2 Å². The van der Waals surface area contributed by atoms with Crippen LogP contribution < -0.4 is 29.7 Å². The Morgan fingerprint density at radius 2 is 1.71 bits per heavy atom. The van der Waals surface area contributed by atoms with Crippen molar-refractivity contribution in [2.45, 2.75) is 39.2 Å². The molecule has 220 valence electrons. The predicted molar refractivity (Wildman–Crippen MR) is 164 cm³/mol. The van der Waals surface area contributed by atoms with Crippen molar-refractivity contribution in [3.63, 3.8) is 0 Å². The number of ether oxygens (including phenoxy) is 3. The summed E-state index contributed by atoms with van der Waals surface area (Å²) in [4.78, 5) is 29.6. The Labute approximate surface area is 247 Å². The van der Waals surface area contributed by atoms with Gasteiger partial charge < -0.3 is 29.7 Å². The third kappa shape index (κ3) is 5.93. The minimum atomic E-state index is -0.572. The molecule has 1 amide bonds. The third-order valence-electron chi connectivity index (χ3n) is 7.94. The van der Waals surface area contributed by atoms with Crippen molar-refractivity contribution in [2.75, 3.05) is 44.6 Å². The number of allylic oxidation sites excluding steroid dienone is 1. The normalized spacial score (nSPS) is 17.4. The third-order valence-corrected chi connectivity index (χ3v) is 7.94. The number of methoxy groups -OCH3 is 3. The zero-order valence-corrected chi connectivity index (χ0v) is 25.0. The predicted octanol–water partition coefficient (Wildman–Crippen LogP) is 5.69. The molecule has 0 saturated heterocycles. The second-order valence-electron chi connectivity index (χ2n) is 11.5. The number of hydrogen-bond acceptors (Lipinski definition) is 7. The van der Waals surface area contributed by atoms with E-state index in [2.05, 4.69) is 24.5 Å². The van der Waals surface area contributed by atoms with Crippen molar-refractivity contribution >= 4 is 23.1 Å². The highest BCUT2D eigenvalue weighted by Gasteiger charge is 2.43. The molecular weight excluding hydrogens is 530 g/mol. The summed E-state index contributed by atoms with van der Waals surface area (Å²) < 4.78 is 16.8. The van der Waals surface area contributed by atoms with E-state index in [1.807, 2.05) is 71.6 Å². The Kier molecular flexibility index (Phi) is 8.43. The number of carbonyl (C=O) groups is 2. The maximum Gasteiger partial charge on any atom is 0.239 e. The van der Waals surface area contributed by atoms with E-state index in [0.29, 0.717) is 42.9 Å². The van der Waals surface area contributed by atoms with Crippen molar-refractivity contribution in [3.05, 3.63) is 89.1 Å². The molecule has 0 radical (unpaired) electrons. The monoisotopic (exact) mass is 569 g/mol. The van der Waals surface area contributed by atoms with Crippen LogP contribution in [0.1, 0.15) is 43.9 Å². The Bertz CT molecular complexity index is 1500. The fourth-order valence-electron chi connectivity index (χ4n) is 6.03. The van der Waals surface area contributed by atoms with Crippen LogP contribution in [0.25, 0.3) is 0 Å². The van der Waals surface area contributed by atoms with Gasteiger partial charge in [0, 0.05) is 29.8 Å². The van der Waals surface area contributed by atoms with E-state index in [1.54, 1.807) is 21.3 Å².